The first-order valence-corrected chi connectivity index (χ1v) is 4.52. The number of hydrogen-bond donors (Lipinski definition) is 4. The van der Waals surface area contributed by atoms with E-state index in [1.54, 1.807) is 0 Å². The molecule has 5 N–H and O–H groups in total. The fraction of sp³-hybridized carbons (Fsp3) is 0.222. The number of aromatic carboxylic acids is 1. The van der Waals surface area contributed by atoms with E-state index in [9.17, 15) is 14.0 Å². The van der Waals surface area contributed by atoms with E-state index in [1.165, 1.54) is 0 Å². The Bertz CT molecular complexity index is 452. The highest BCUT2D eigenvalue weighted by atomic mass is 19.1. The predicted molar refractivity (Wildman–Crippen MR) is 54.8 cm³/mol. The highest BCUT2D eigenvalue weighted by Crippen LogP contribution is 2.14. The molecule has 0 aromatic carbocycles. The maximum Gasteiger partial charge on any atom is 0.338 e. The molecule has 0 aliphatic heterocycles. The van der Waals surface area contributed by atoms with E-state index in [0.29, 0.717) is 0 Å². The van der Waals surface area contributed by atoms with Gasteiger partial charge in [-0.1, -0.05) is 0 Å². The van der Waals surface area contributed by atoms with Gasteiger partial charge in [-0.15, -0.1) is 0 Å². The van der Waals surface area contributed by atoms with E-state index in [0.717, 1.165) is 12.3 Å². The molecule has 0 aliphatic rings. The Kier molecular flexibility index (Phi) is 3.94. The van der Waals surface area contributed by atoms with Gasteiger partial charge in [-0.25, -0.2) is 14.2 Å². The molecule has 1 aromatic heterocycles. The molecule has 1 rings (SSSR count). The molecule has 0 aliphatic carbocycles. The van der Waals surface area contributed by atoms with Crippen LogP contribution in [0.25, 0.3) is 0 Å². The van der Waals surface area contributed by atoms with Crippen LogP contribution in [0.4, 0.5) is 10.2 Å². The molecule has 1 amide bonds. The lowest BCUT2D eigenvalue weighted by molar-refractivity contribution is -0.125. The topological polar surface area (TPSA) is 126 Å². The van der Waals surface area contributed by atoms with Gasteiger partial charge < -0.3 is 21.3 Å². The Morgan fingerprint density at radius 2 is 2.24 bits per heavy atom. The van der Waals surface area contributed by atoms with Crippen LogP contribution in [0.1, 0.15) is 10.4 Å². The van der Waals surface area contributed by atoms with E-state index < -0.39 is 29.4 Å². The standard InChI is InChI=1S/C9H10FN3O4/c10-6-4(9(16)17)1-2-12-8(6)13-3-5(14)7(11)15/h1-2,5,14H,3H2,(H2,11,15)(H,12,13)(H,16,17). The molecule has 1 atom stereocenters. The average molecular weight is 243 g/mol. The minimum atomic E-state index is -1.51. The lowest BCUT2D eigenvalue weighted by atomic mass is 10.2. The van der Waals surface area contributed by atoms with Gasteiger partial charge in [-0.3, -0.25) is 4.79 Å². The van der Waals surface area contributed by atoms with Crippen LogP contribution in [0.2, 0.25) is 0 Å². The van der Waals surface area contributed by atoms with Crippen LogP contribution in [0.5, 0.6) is 0 Å². The van der Waals surface area contributed by atoms with Gasteiger partial charge in [0.05, 0.1) is 6.54 Å². The Labute approximate surface area is 95.1 Å². The van der Waals surface area contributed by atoms with Crippen LogP contribution in [0.3, 0.4) is 0 Å². The number of halogens is 1. The van der Waals surface area contributed by atoms with Crippen molar-refractivity contribution in [1.29, 1.82) is 0 Å². The van der Waals surface area contributed by atoms with E-state index in [-0.39, 0.29) is 12.4 Å². The zero-order valence-electron chi connectivity index (χ0n) is 8.55. The number of primary amides is 1. The molecule has 0 saturated heterocycles. The molecule has 1 unspecified atom stereocenters. The molecule has 1 heterocycles. The number of hydrogen-bond acceptors (Lipinski definition) is 5. The van der Waals surface area contributed by atoms with Crippen LogP contribution in [-0.2, 0) is 4.79 Å². The number of anilines is 1. The third-order valence-electron chi connectivity index (χ3n) is 1.91. The van der Waals surface area contributed by atoms with Crippen molar-refractivity contribution >= 4 is 17.7 Å². The minimum Gasteiger partial charge on any atom is -0.478 e. The molecular formula is C9H10FN3O4. The van der Waals surface area contributed by atoms with E-state index in [4.69, 9.17) is 15.9 Å². The monoisotopic (exact) mass is 243 g/mol. The van der Waals surface area contributed by atoms with Crippen molar-refractivity contribution in [1.82, 2.24) is 4.98 Å². The molecule has 8 heteroatoms. The molecular weight excluding hydrogens is 233 g/mol. The first kappa shape index (κ1) is 12.8. The van der Waals surface area contributed by atoms with Crippen LogP contribution in [-0.4, -0.2) is 39.7 Å². The highest BCUT2D eigenvalue weighted by Gasteiger charge is 2.16. The van der Waals surface area contributed by atoms with Crippen LogP contribution >= 0.6 is 0 Å². The van der Waals surface area contributed by atoms with Gasteiger partial charge in [0.25, 0.3) is 0 Å². The van der Waals surface area contributed by atoms with Gasteiger partial charge in [-0.2, -0.15) is 0 Å². The number of nitrogens with zero attached hydrogens (tertiary/aromatic N) is 1. The SMILES string of the molecule is NC(=O)C(O)CNc1nccc(C(=O)O)c1F. The van der Waals surface area contributed by atoms with Crippen LogP contribution < -0.4 is 11.1 Å². The molecule has 0 bridgehead atoms. The fourth-order valence-corrected chi connectivity index (χ4v) is 1.03. The van der Waals surface area contributed by atoms with Crippen molar-refractivity contribution in [3.8, 4) is 0 Å². The summed E-state index contributed by atoms with van der Waals surface area (Å²) in [5, 5.41) is 20.0. The molecule has 0 spiro atoms. The van der Waals surface area contributed by atoms with Crippen molar-refractivity contribution in [2.75, 3.05) is 11.9 Å². The number of carboxylic acids is 1. The van der Waals surface area contributed by atoms with Gasteiger partial charge in [0.1, 0.15) is 11.7 Å². The molecule has 0 saturated carbocycles. The quantitative estimate of drug-likeness (QED) is 0.535. The van der Waals surface area contributed by atoms with Crippen molar-refractivity contribution in [3.05, 3.63) is 23.6 Å². The number of rotatable bonds is 5. The molecule has 1 aromatic rings. The summed E-state index contributed by atoms with van der Waals surface area (Å²) in [6.45, 7) is -0.359. The fourth-order valence-electron chi connectivity index (χ4n) is 1.03. The Morgan fingerprint density at radius 3 is 2.76 bits per heavy atom. The maximum atomic E-state index is 13.5. The number of aliphatic hydroxyl groups is 1. The molecule has 17 heavy (non-hydrogen) atoms. The minimum absolute atomic E-state index is 0.359. The Morgan fingerprint density at radius 1 is 1.59 bits per heavy atom. The second-order valence-corrected chi connectivity index (χ2v) is 3.13. The summed E-state index contributed by atoms with van der Waals surface area (Å²) < 4.78 is 13.5. The number of pyridine rings is 1. The number of carboxylic acid groups (broad SMARTS) is 1. The smallest absolute Gasteiger partial charge is 0.338 e. The third-order valence-corrected chi connectivity index (χ3v) is 1.91. The van der Waals surface area contributed by atoms with Gasteiger partial charge in [0, 0.05) is 6.20 Å². The summed E-state index contributed by atoms with van der Waals surface area (Å²) in [6, 6.07) is 0.993. The normalized spacial score (nSPS) is 11.9. The van der Waals surface area contributed by atoms with Gasteiger partial charge in [0.15, 0.2) is 11.6 Å². The number of aromatic nitrogens is 1. The number of carbonyl (C=O) groups is 2. The first-order valence-electron chi connectivity index (χ1n) is 4.52. The second-order valence-electron chi connectivity index (χ2n) is 3.13. The van der Waals surface area contributed by atoms with E-state index in [1.807, 2.05) is 0 Å². The summed E-state index contributed by atoms with van der Waals surface area (Å²) >= 11 is 0. The first-order chi connectivity index (χ1) is 7.93. The zero-order chi connectivity index (χ0) is 13.0. The predicted octanol–water partition coefficient (Wildman–Crippen LogP) is -0.823. The number of nitrogens with two attached hydrogens (primary N) is 1. The van der Waals surface area contributed by atoms with Gasteiger partial charge in [-0.05, 0) is 6.07 Å². The third kappa shape index (κ3) is 3.11. The maximum absolute atomic E-state index is 13.5. The largest absolute Gasteiger partial charge is 0.478 e. The summed E-state index contributed by atoms with van der Waals surface area (Å²) in [6.07, 6.45) is -0.421. The Hall–Kier alpha value is -2.22. The number of amides is 1. The highest BCUT2D eigenvalue weighted by molar-refractivity contribution is 5.88. The van der Waals surface area contributed by atoms with E-state index in [2.05, 4.69) is 10.3 Å². The summed E-state index contributed by atoms with van der Waals surface area (Å²) in [4.78, 5) is 24.6. The second kappa shape index (κ2) is 5.21. The summed E-state index contributed by atoms with van der Waals surface area (Å²) in [5.74, 6) is -3.86. The molecule has 92 valence electrons. The summed E-state index contributed by atoms with van der Waals surface area (Å²) in [5.41, 5.74) is 4.22. The zero-order valence-corrected chi connectivity index (χ0v) is 8.55. The lowest BCUT2D eigenvalue weighted by Crippen LogP contribution is -2.34. The number of aliphatic hydroxyl groups excluding tert-OH is 1. The molecule has 0 fully saturated rings. The van der Waals surface area contributed by atoms with Gasteiger partial charge in [0.2, 0.25) is 5.91 Å². The number of nitrogens with one attached hydrogen (secondary N) is 1. The Balaban J connectivity index is 2.82. The van der Waals surface area contributed by atoms with Crippen molar-refractivity contribution in [3.63, 3.8) is 0 Å². The van der Waals surface area contributed by atoms with Crippen molar-refractivity contribution < 1.29 is 24.2 Å². The van der Waals surface area contributed by atoms with Crippen molar-refractivity contribution in [2.24, 2.45) is 5.73 Å². The lowest BCUT2D eigenvalue weighted by Gasteiger charge is -2.10. The van der Waals surface area contributed by atoms with Crippen LogP contribution in [0.15, 0.2) is 12.3 Å². The van der Waals surface area contributed by atoms with E-state index >= 15 is 0 Å². The van der Waals surface area contributed by atoms with Crippen molar-refractivity contribution in [2.45, 2.75) is 6.10 Å². The van der Waals surface area contributed by atoms with Crippen LogP contribution in [0, 0.1) is 5.82 Å². The average Bonchev–Trinajstić information content (AvgIpc) is 2.26. The summed E-state index contributed by atoms with van der Waals surface area (Å²) in [7, 11) is 0. The molecule has 7 nitrogen and oxygen atoms in total. The molecule has 0 radical (unpaired) electrons. The number of carbonyl (C=O) groups excluding carboxylic acids is 1. The van der Waals surface area contributed by atoms with Gasteiger partial charge >= 0.3 is 5.97 Å².